The number of hydrogen-bond donors (Lipinski definition) is 0. The number of anilines is 1. The van der Waals surface area contributed by atoms with Crippen LogP contribution in [0, 0.1) is 0 Å². The van der Waals surface area contributed by atoms with E-state index in [4.69, 9.17) is 25.7 Å². The van der Waals surface area contributed by atoms with Crippen LogP contribution in [-0.4, -0.2) is 52.2 Å². The molecule has 0 unspecified atom stereocenters. The van der Waals surface area contributed by atoms with Crippen molar-refractivity contribution < 1.29 is 13.9 Å². The minimum atomic E-state index is -0.530. The van der Waals surface area contributed by atoms with E-state index < -0.39 is 5.60 Å². The largest absolute Gasteiger partial charge is 0.453 e. The highest BCUT2D eigenvalue weighted by Gasteiger charge is 2.31. The van der Waals surface area contributed by atoms with E-state index in [9.17, 15) is 9.59 Å². The second kappa shape index (κ2) is 9.91. The van der Waals surface area contributed by atoms with Crippen LogP contribution in [0.4, 0.5) is 10.6 Å². The minimum absolute atomic E-state index is 0.0229. The molecule has 5 rings (SSSR count). The standard InChI is InChI=1S/C29H31ClN4O4/c1-6-18-14-32-25-26(35)24-20(30)8-7-9-21(24)37-27(25)23(18)19-10-11-22(31-15-19)33-12-13-34(17(2)16-33)28(36)38-29(3,4)5/h7-11,14-15,17H,6,12-13,16H2,1-5H3/t17-/m0/s1. The van der Waals surface area contributed by atoms with Gasteiger partial charge >= 0.3 is 6.09 Å². The zero-order valence-corrected chi connectivity index (χ0v) is 23.0. The Kier molecular flexibility index (Phi) is 6.77. The van der Waals surface area contributed by atoms with Crippen LogP contribution in [0.5, 0.6) is 0 Å². The molecule has 1 aliphatic heterocycles. The molecule has 4 heterocycles. The second-order valence-electron chi connectivity index (χ2n) is 10.6. The van der Waals surface area contributed by atoms with Crippen molar-refractivity contribution in [1.82, 2.24) is 14.9 Å². The van der Waals surface area contributed by atoms with E-state index in [0.717, 1.165) is 22.5 Å². The molecule has 8 nitrogen and oxygen atoms in total. The van der Waals surface area contributed by atoms with Crippen LogP contribution in [0.3, 0.4) is 0 Å². The monoisotopic (exact) mass is 534 g/mol. The van der Waals surface area contributed by atoms with Gasteiger partial charge in [0.05, 0.1) is 10.4 Å². The third kappa shape index (κ3) is 4.80. The second-order valence-corrected chi connectivity index (χ2v) is 11.0. The van der Waals surface area contributed by atoms with Crippen molar-refractivity contribution in [2.24, 2.45) is 0 Å². The molecular weight excluding hydrogens is 504 g/mol. The zero-order valence-electron chi connectivity index (χ0n) is 22.2. The third-order valence-electron chi connectivity index (χ3n) is 6.74. The number of rotatable bonds is 3. The summed E-state index contributed by atoms with van der Waals surface area (Å²) in [5, 5.41) is 0.672. The molecular formula is C29H31ClN4O4. The number of halogens is 1. The smallest absolute Gasteiger partial charge is 0.410 e. The van der Waals surface area contributed by atoms with E-state index >= 15 is 0 Å². The van der Waals surface area contributed by atoms with Crippen molar-refractivity contribution in [2.45, 2.75) is 52.7 Å². The Bertz CT molecular complexity index is 1580. The number of amides is 1. The van der Waals surface area contributed by atoms with Gasteiger partial charge in [-0.15, -0.1) is 0 Å². The number of ether oxygens (including phenoxy) is 1. The maximum atomic E-state index is 13.3. The summed E-state index contributed by atoms with van der Waals surface area (Å²) in [6.07, 6.45) is 3.94. The average molecular weight is 535 g/mol. The maximum absolute atomic E-state index is 13.3. The summed E-state index contributed by atoms with van der Waals surface area (Å²) in [5.74, 6) is 0.819. The molecule has 38 heavy (non-hydrogen) atoms. The topological polar surface area (TPSA) is 88.8 Å². The van der Waals surface area contributed by atoms with Crippen LogP contribution < -0.4 is 10.3 Å². The third-order valence-corrected chi connectivity index (χ3v) is 7.05. The van der Waals surface area contributed by atoms with Crippen molar-refractivity contribution in [1.29, 1.82) is 0 Å². The number of pyridine rings is 2. The van der Waals surface area contributed by atoms with E-state index in [-0.39, 0.29) is 23.1 Å². The van der Waals surface area contributed by atoms with Crippen LogP contribution in [0.25, 0.3) is 33.2 Å². The Morgan fingerprint density at radius 3 is 2.61 bits per heavy atom. The molecule has 0 spiro atoms. The van der Waals surface area contributed by atoms with Crippen molar-refractivity contribution in [3.8, 4) is 11.1 Å². The molecule has 4 aromatic rings. The van der Waals surface area contributed by atoms with Crippen molar-refractivity contribution in [3.63, 3.8) is 0 Å². The highest BCUT2D eigenvalue weighted by molar-refractivity contribution is 6.35. The summed E-state index contributed by atoms with van der Waals surface area (Å²) in [5.41, 5.74) is 2.91. The first-order chi connectivity index (χ1) is 18.1. The molecule has 1 aliphatic rings. The molecule has 1 saturated heterocycles. The summed E-state index contributed by atoms with van der Waals surface area (Å²) in [6.45, 7) is 11.5. The lowest BCUT2D eigenvalue weighted by Gasteiger charge is -2.40. The molecule has 198 valence electrons. The number of piperazine rings is 1. The number of aromatic nitrogens is 2. The van der Waals surface area contributed by atoms with E-state index in [2.05, 4.69) is 9.88 Å². The van der Waals surface area contributed by atoms with Crippen LogP contribution in [0.15, 0.2) is 51.9 Å². The molecule has 0 aliphatic carbocycles. The first-order valence-electron chi connectivity index (χ1n) is 12.8. The number of carbonyl (C=O) groups is 1. The quantitative estimate of drug-likeness (QED) is 0.295. The summed E-state index contributed by atoms with van der Waals surface area (Å²) < 4.78 is 11.8. The van der Waals surface area contributed by atoms with E-state index in [0.29, 0.717) is 47.6 Å². The zero-order chi connectivity index (χ0) is 27.2. The predicted molar refractivity (Wildman–Crippen MR) is 150 cm³/mol. The highest BCUT2D eigenvalue weighted by atomic mass is 35.5. The molecule has 3 aromatic heterocycles. The number of fused-ring (bicyclic) bond motifs is 2. The average Bonchev–Trinajstić information content (AvgIpc) is 2.87. The van der Waals surface area contributed by atoms with Gasteiger partial charge in [-0.05, 0) is 63.9 Å². The van der Waals surface area contributed by atoms with Gasteiger partial charge in [-0.1, -0.05) is 24.6 Å². The molecule has 0 N–H and O–H groups in total. The van der Waals surface area contributed by atoms with Gasteiger partial charge in [0.2, 0.25) is 5.43 Å². The van der Waals surface area contributed by atoms with Crippen molar-refractivity contribution in [2.75, 3.05) is 24.5 Å². The minimum Gasteiger partial charge on any atom is -0.453 e. The molecule has 1 aromatic carbocycles. The first-order valence-corrected chi connectivity index (χ1v) is 13.2. The van der Waals surface area contributed by atoms with Crippen LogP contribution in [0.2, 0.25) is 5.02 Å². The molecule has 0 bridgehead atoms. The van der Waals surface area contributed by atoms with Gasteiger partial charge in [-0.25, -0.2) is 14.8 Å². The van der Waals surface area contributed by atoms with Gasteiger partial charge in [-0.2, -0.15) is 0 Å². The molecule has 1 amide bonds. The number of aryl methyl sites for hydroxylation is 1. The van der Waals surface area contributed by atoms with Crippen LogP contribution in [-0.2, 0) is 11.2 Å². The Morgan fingerprint density at radius 2 is 1.95 bits per heavy atom. The molecule has 1 atom stereocenters. The Morgan fingerprint density at radius 1 is 1.16 bits per heavy atom. The first kappa shape index (κ1) is 26.0. The summed E-state index contributed by atoms with van der Waals surface area (Å²) >= 11 is 6.30. The Balaban J connectivity index is 1.47. The SMILES string of the molecule is CCc1cnc2c(=O)c3c(Cl)cccc3oc2c1-c1ccc(N2CCN(C(=O)OC(C)(C)C)[C@@H](C)C2)nc1. The lowest BCUT2D eigenvalue weighted by molar-refractivity contribution is 0.0158. The highest BCUT2D eigenvalue weighted by Crippen LogP contribution is 2.34. The fourth-order valence-electron chi connectivity index (χ4n) is 4.89. The Hall–Kier alpha value is -3.65. The van der Waals surface area contributed by atoms with Crippen LogP contribution >= 0.6 is 11.6 Å². The number of hydrogen-bond acceptors (Lipinski definition) is 7. The van der Waals surface area contributed by atoms with E-state index in [1.165, 1.54) is 0 Å². The molecule has 0 radical (unpaired) electrons. The van der Waals surface area contributed by atoms with Gasteiger partial charge in [0.1, 0.15) is 17.0 Å². The Labute approximate surface area is 226 Å². The number of nitrogens with zero attached hydrogens (tertiary/aromatic N) is 4. The number of carbonyl (C=O) groups excluding carboxylic acids is 1. The number of benzene rings is 1. The van der Waals surface area contributed by atoms with Crippen molar-refractivity contribution >= 4 is 45.6 Å². The van der Waals surface area contributed by atoms with E-state index in [1.807, 2.05) is 46.8 Å². The molecule has 1 fully saturated rings. The lowest BCUT2D eigenvalue weighted by Crippen LogP contribution is -2.55. The van der Waals surface area contributed by atoms with Gasteiger partial charge in [0.25, 0.3) is 0 Å². The molecule has 0 saturated carbocycles. The molecule has 9 heteroatoms. The summed E-state index contributed by atoms with van der Waals surface area (Å²) in [7, 11) is 0. The lowest BCUT2D eigenvalue weighted by atomic mass is 9.99. The fourth-order valence-corrected chi connectivity index (χ4v) is 5.14. The normalized spacial score (nSPS) is 16.3. The van der Waals surface area contributed by atoms with Gasteiger partial charge < -0.3 is 19.0 Å². The predicted octanol–water partition coefficient (Wildman–Crippen LogP) is 6.06. The van der Waals surface area contributed by atoms with Crippen molar-refractivity contribution in [3.05, 3.63) is 63.5 Å². The van der Waals surface area contributed by atoms with E-state index in [1.54, 1.807) is 35.5 Å². The summed E-state index contributed by atoms with van der Waals surface area (Å²) in [4.78, 5) is 39.0. The maximum Gasteiger partial charge on any atom is 0.410 e. The summed E-state index contributed by atoms with van der Waals surface area (Å²) in [6, 6.07) is 9.10. The van der Waals surface area contributed by atoms with Gasteiger partial charge in [0.15, 0.2) is 11.1 Å². The van der Waals surface area contributed by atoms with Gasteiger partial charge in [-0.3, -0.25) is 4.79 Å². The van der Waals surface area contributed by atoms with Gasteiger partial charge in [0, 0.05) is 49.2 Å². The fraction of sp³-hybridized carbons (Fsp3) is 0.379. The van der Waals surface area contributed by atoms with Crippen LogP contribution in [0.1, 0.15) is 40.2 Å².